The van der Waals surface area contributed by atoms with Crippen LogP contribution in [0.3, 0.4) is 0 Å². The van der Waals surface area contributed by atoms with Crippen LogP contribution in [0.2, 0.25) is 0 Å². The first-order chi connectivity index (χ1) is 2.00. The molecule has 1 N–H and O–H groups in total. The molecule has 0 atom stereocenters. The molecule has 1 nitrogen and oxygen atoms in total. The monoisotopic (exact) mass is 243 g/mol. The number of nitrogens with one attached hydrogen (secondary N) is 1. The maximum atomic E-state index is 6.57. The fraction of sp³-hybridized carbons (Fsp3) is 0. The summed E-state index contributed by atoms with van der Waals surface area (Å²) >= 11 is 11.8. The molecule has 0 saturated carbocycles. The summed E-state index contributed by atoms with van der Waals surface area (Å²) in [5.74, 6) is 0. The molecule has 0 bridgehead atoms. The van der Waals surface area contributed by atoms with Crippen LogP contribution in [0.1, 0.15) is 0 Å². The second kappa shape index (κ2) is 2.01. The summed E-state index contributed by atoms with van der Waals surface area (Å²) in [5.41, 5.74) is 0. The molecule has 0 fully saturated rings. The quantitative estimate of drug-likeness (QED) is 0.498. The molecule has 0 aromatic rings. The lowest BCUT2D eigenvalue weighted by Crippen LogP contribution is -1.14. The standard InChI is InChI=1S/Cl2HINP/c1-5(2,3)4/h4H. The average Bonchev–Trinajstić information content (AvgIpc) is 0.722. The molecule has 0 spiro atoms. The number of hydrogen-bond acceptors (Lipinski definition) is 1. The topological polar surface area (TPSA) is 23.9 Å². The molecule has 0 amide bonds. The Kier molecular flexibility index (Phi) is 2.63. The zero-order valence-electron chi connectivity index (χ0n) is 2.08. The second-order valence-electron chi connectivity index (χ2n) is 0.445. The van der Waals surface area contributed by atoms with Crippen molar-refractivity contribution in [2.45, 2.75) is 0 Å². The third kappa shape index (κ3) is 29.3. The summed E-state index contributed by atoms with van der Waals surface area (Å²) in [6, 6.07) is 0. The molecule has 32 valence electrons. The minimum atomic E-state index is -2.22. The summed E-state index contributed by atoms with van der Waals surface area (Å²) in [7, 11) is 0. The van der Waals surface area contributed by atoms with Gasteiger partial charge in [-0.2, -0.15) is 0 Å². The summed E-state index contributed by atoms with van der Waals surface area (Å²) in [4.78, 5) is 0. The molecular formula is HCl2INP. The fourth-order valence-electron chi connectivity index (χ4n) is 0. The van der Waals surface area contributed by atoms with Crippen molar-refractivity contribution < 1.29 is 0 Å². The smallest absolute Gasteiger partial charge is 0.192 e. The first kappa shape index (κ1) is 6.54. The van der Waals surface area contributed by atoms with Crippen molar-refractivity contribution in [1.82, 2.24) is 0 Å². The van der Waals surface area contributed by atoms with Crippen LogP contribution in [-0.2, 0) is 0 Å². The van der Waals surface area contributed by atoms with E-state index in [2.05, 4.69) is 0 Å². The van der Waals surface area contributed by atoms with Gasteiger partial charge < -0.3 is 0 Å². The van der Waals surface area contributed by atoms with Crippen molar-refractivity contribution in [3.05, 3.63) is 0 Å². The van der Waals surface area contributed by atoms with E-state index in [1.165, 1.54) is 0 Å². The van der Waals surface area contributed by atoms with Gasteiger partial charge in [0.25, 0.3) is 0 Å². The lowest BCUT2D eigenvalue weighted by molar-refractivity contribution is 1.65. The van der Waals surface area contributed by atoms with Gasteiger partial charge in [0.15, 0.2) is 3.40 Å². The molecule has 0 rings (SSSR count). The van der Waals surface area contributed by atoms with Gasteiger partial charge in [0.2, 0.25) is 0 Å². The van der Waals surface area contributed by atoms with Crippen molar-refractivity contribution in [2.24, 2.45) is 0 Å². The molecule has 5 heavy (non-hydrogen) atoms. The summed E-state index contributed by atoms with van der Waals surface area (Å²) in [6.07, 6.45) is 0. The van der Waals surface area contributed by atoms with Crippen molar-refractivity contribution in [2.75, 3.05) is 0 Å². The van der Waals surface area contributed by atoms with Gasteiger partial charge in [-0.15, -0.1) is 0 Å². The van der Waals surface area contributed by atoms with Gasteiger partial charge in [0.1, 0.15) is 0 Å². The minimum Gasteiger partial charge on any atom is -0.282 e. The maximum absolute atomic E-state index is 6.57. The Morgan fingerprint density at radius 3 is 1.60 bits per heavy atom. The van der Waals surface area contributed by atoms with Crippen molar-refractivity contribution >= 4 is 47.9 Å². The third-order valence-corrected chi connectivity index (χ3v) is 0. The van der Waals surface area contributed by atoms with Crippen LogP contribution < -0.4 is 0 Å². The highest BCUT2D eigenvalue weighted by molar-refractivity contribution is 14.2. The first-order valence-electron chi connectivity index (χ1n) is 0.731. The van der Waals surface area contributed by atoms with E-state index in [1.54, 1.807) is 22.0 Å². The largest absolute Gasteiger partial charge is 0.282 e. The van der Waals surface area contributed by atoms with Crippen LogP contribution in [0.25, 0.3) is 0 Å². The predicted octanol–water partition coefficient (Wildman–Crippen LogP) is 3.42. The summed E-state index contributed by atoms with van der Waals surface area (Å²) in [6.45, 7) is 0. The highest BCUT2D eigenvalue weighted by Gasteiger charge is 1.94. The molecule has 0 heterocycles. The lowest BCUT2D eigenvalue weighted by Gasteiger charge is -1.81. The Labute approximate surface area is 53.0 Å². The zero-order valence-corrected chi connectivity index (χ0v) is 6.64. The van der Waals surface area contributed by atoms with E-state index in [1.807, 2.05) is 0 Å². The molecule has 0 aromatic carbocycles. The van der Waals surface area contributed by atoms with Gasteiger partial charge in [0.05, 0.1) is 0 Å². The van der Waals surface area contributed by atoms with E-state index in [0.717, 1.165) is 0 Å². The van der Waals surface area contributed by atoms with Crippen LogP contribution in [0.4, 0.5) is 0 Å². The molecule has 0 saturated heterocycles. The van der Waals surface area contributed by atoms with Crippen molar-refractivity contribution in [1.29, 1.82) is 5.16 Å². The molecule has 5 heteroatoms. The van der Waals surface area contributed by atoms with Gasteiger partial charge in [-0.05, 0) is 22.5 Å². The average molecular weight is 244 g/mol. The van der Waals surface area contributed by atoms with Crippen molar-refractivity contribution in [3.8, 4) is 0 Å². The van der Waals surface area contributed by atoms with Crippen LogP contribution in [0.5, 0.6) is 0 Å². The van der Waals surface area contributed by atoms with Gasteiger partial charge >= 0.3 is 0 Å². The van der Waals surface area contributed by atoms with E-state index in [4.69, 9.17) is 27.6 Å². The zero-order chi connectivity index (χ0) is 4.50. The molecule has 0 aliphatic heterocycles. The van der Waals surface area contributed by atoms with Crippen molar-refractivity contribution in [3.63, 3.8) is 0 Å². The van der Waals surface area contributed by atoms with E-state index in [-0.39, 0.29) is 0 Å². The summed E-state index contributed by atoms with van der Waals surface area (Å²) in [5, 5.41) is 6.57. The van der Waals surface area contributed by atoms with Gasteiger partial charge in [-0.1, -0.05) is 0 Å². The van der Waals surface area contributed by atoms with Crippen LogP contribution in [-0.4, -0.2) is 0 Å². The highest BCUT2D eigenvalue weighted by Crippen LogP contribution is 2.65. The Morgan fingerprint density at radius 2 is 1.60 bits per heavy atom. The Morgan fingerprint density at radius 1 is 1.60 bits per heavy atom. The molecule has 0 aromatic heterocycles. The molecule has 0 aliphatic carbocycles. The van der Waals surface area contributed by atoms with Gasteiger partial charge in [-0.25, -0.2) is 0 Å². The summed E-state index contributed by atoms with van der Waals surface area (Å²) < 4.78 is -2.22. The first-order valence-corrected chi connectivity index (χ1v) is 7.12. The third-order valence-electron chi connectivity index (χ3n) is 0. The molecule has 0 unspecified atom stereocenters. The highest BCUT2D eigenvalue weighted by atomic mass is 127. The number of halogens is 3. The number of hydrogen-bond donors (Lipinski definition) is 1. The van der Waals surface area contributed by atoms with E-state index >= 15 is 0 Å². The Hall–Kier alpha value is 1.54. The van der Waals surface area contributed by atoms with E-state index in [9.17, 15) is 0 Å². The Bertz CT molecular complexity index is 55.8. The van der Waals surface area contributed by atoms with Crippen LogP contribution in [0.15, 0.2) is 0 Å². The van der Waals surface area contributed by atoms with Gasteiger partial charge in [-0.3, -0.25) is 5.16 Å². The fourth-order valence-corrected chi connectivity index (χ4v) is 0. The van der Waals surface area contributed by atoms with Crippen LogP contribution >= 0.6 is 47.9 Å². The normalized spacial score (nSPS) is 11.8. The predicted molar refractivity (Wildman–Crippen MR) is 35.4 cm³/mol. The minimum absolute atomic E-state index is 1.69. The van der Waals surface area contributed by atoms with E-state index in [0.29, 0.717) is 0 Å². The van der Waals surface area contributed by atoms with E-state index < -0.39 is 3.40 Å². The second-order valence-corrected chi connectivity index (χ2v) is 12.7. The molecule has 0 radical (unpaired) electrons. The maximum Gasteiger partial charge on any atom is 0.192 e. The number of rotatable bonds is 0. The van der Waals surface area contributed by atoms with Crippen LogP contribution in [0, 0.1) is 5.16 Å². The molecular weight excluding hydrogens is 243 g/mol. The van der Waals surface area contributed by atoms with Gasteiger partial charge in [0, 0.05) is 22.0 Å². The Balaban J connectivity index is 3.47. The molecule has 0 aliphatic rings. The SMILES string of the molecule is N=P(Cl)(Cl)I. The lowest BCUT2D eigenvalue weighted by atomic mass is 14.0.